The first kappa shape index (κ1) is 25.4. The van der Waals surface area contributed by atoms with Crippen molar-refractivity contribution in [2.75, 3.05) is 19.6 Å². The molecule has 1 aromatic heterocycles. The average molecular weight is 482 g/mol. The van der Waals surface area contributed by atoms with Crippen molar-refractivity contribution in [2.45, 2.75) is 31.3 Å². The number of furan rings is 1. The summed E-state index contributed by atoms with van der Waals surface area (Å²) in [6.07, 6.45) is 4.62. The van der Waals surface area contributed by atoms with Gasteiger partial charge in [0, 0.05) is 12.6 Å². The molecule has 34 heavy (non-hydrogen) atoms. The normalized spacial score (nSPS) is 12.8. The van der Waals surface area contributed by atoms with Crippen LogP contribution >= 0.6 is 0 Å². The van der Waals surface area contributed by atoms with Crippen LogP contribution in [0.25, 0.3) is 6.08 Å². The SMILES string of the molecule is CCN(CC)C(CNC(=O)/C=C/c1ccc(S(=O)(=O)NCc2ccco2)cc1)c1ccccc1. The van der Waals surface area contributed by atoms with Crippen molar-refractivity contribution in [3.05, 3.63) is 96.0 Å². The van der Waals surface area contributed by atoms with Crippen LogP contribution in [0.15, 0.2) is 88.4 Å². The molecule has 3 rings (SSSR count). The number of benzene rings is 2. The molecule has 2 N–H and O–H groups in total. The standard InChI is InChI=1S/C26H31N3O4S/c1-3-29(4-2)25(22-9-6-5-7-10-22)20-27-26(30)17-14-21-12-15-24(16-13-21)34(31,32)28-19-23-11-8-18-33-23/h5-18,25,28H,3-4,19-20H2,1-2H3,(H,27,30)/b17-14+. The fourth-order valence-electron chi connectivity index (χ4n) is 3.65. The molecule has 1 unspecified atom stereocenters. The quantitative estimate of drug-likeness (QED) is 0.382. The van der Waals surface area contributed by atoms with E-state index in [2.05, 4.69) is 40.9 Å². The van der Waals surface area contributed by atoms with E-state index in [9.17, 15) is 13.2 Å². The maximum Gasteiger partial charge on any atom is 0.244 e. The van der Waals surface area contributed by atoms with E-state index in [0.717, 1.165) is 24.2 Å². The van der Waals surface area contributed by atoms with Gasteiger partial charge in [-0.2, -0.15) is 0 Å². The molecule has 3 aromatic rings. The molecule has 0 aliphatic heterocycles. The van der Waals surface area contributed by atoms with E-state index >= 15 is 0 Å². The second-order valence-corrected chi connectivity index (χ2v) is 9.47. The number of hydrogen-bond donors (Lipinski definition) is 2. The number of carbonyl (C=O) groups excluding carboxylic acids is 1. The Morgan fingerprint density at radius 2 is 1.71 bits per heavy atom. The Bertz CT molecular complexity index is 1150. The lowest BCUT2D eigenvalue weighted by Gasteiger charge is -2.30. The predicted molar refractivity (Wildman–Crippen MR) is 133 cm³/mol. The number of likely N-dealkylation sites (N-methyl/N-ethyl adjacent to an activating group) is 1. The van der Waals surface area contributed by atoms with Crippen molar-refractivity contribution < 1.29 is 17.6 Å². The van der Waals surface area contributed by atoms with Gasteiger partial charge in [0.15, 0.2) is 0 Å². The Balaban J connectivity index is 1.57. The maximum absolute atomic E-state index is 12.4. The van der Waals surface area contributed by atoms with Crippen molar-refractivity contribution >= 4 is 22.0 Å². The second-order valence-electron chi connectivity index (χ2n) is 7.70. The minimum absolute atomic E-state index is 0.0780. The average Bonchev–Trinajstić information content (AvgIpc) is 3.39. The molecule has 8 heteroatoms. The molecular weight excluding hydrogens is 450 g/mol. The van der Waals surface area contributed by atoms with E-state index < -0.39 is 10.0 Å². The molecule has 2 aromatic carbocycles. The van der Waals surface area contributed by atoms with Crippen LogP contribution in [-0.2, 0) is 21.4 Å². The van der Waals surface area contributed by atoms with E-state index in [1.165, 1.54) is 24.5 Å². The van der Waals surface area contributed by atoms with Gasteiger partial charge in [0.1, 0.15) is 5.76 Å². The monoisotopic (exact) mass is 481 g/mol. The molecule has 7 nitrogen and oxygen atoms in total. The Morgan fingerprint density at radius 3 is 2.32 bits per heavy atom. The summed E-state index contributed by atoms with van der Waals surface area (Å²) in [5.41, 5.74) is 1.89. The van der Waals surface area contributed by atoms with Gasteiger partial charge in [0.05, 0.1) is 23.7 Å². The van der Waals surface area contributed by atoms with Gasteiger partial charge in [-0.25, -0.2) is 13.1 Å². The number of nitrogens with one attached hydrogen (secondary N) is 2. The molecule has 0 bridgehead atoms. The fraction of sp³-hybridized carbons (Fsp3) is 0.269. The molecule has 0 saturated carbocycles. The zero-order chi connectivity index (χ0) is 24.4. The summed E-state index contributed by atoms with van der Waals surface area (Å²) in [5, 5.41) is 2.98. The van der Waals surface area contributed by atoms with Gasteiger partial charge in [-0.05, 0) is 54.6 Å². The highest BCUT2D eigenvalue weighted by Crippen LogP contribution is 2.19. The van der Waals surface area contributed by atoms with Gasteiger partial charge >= 0.3 is 0 Å². The lowest BCUT2D eigenvalue weighted by Crippen LogP contribution is -2.37. The first-order chi connectivity index (χ1) is 16.4. The van der Waals surface area contributed by atoms with Crippen LogP contribution in [0.5, 0.6) is 0 Å². The lowest BCUT2D eigenvalue weighted by atomic mass is 10.1. The van der Waals surface area contributed by atoms with E-state index in [0.29, 0.717) is 12.3 Å². The van der Waals surface area contributed by atoms with E-state index in [1.807, 2.05) is 18.2 Å². The molecule has 1 amide bonds. The third-order valence-electron chi connectivity index (χ3n) is 5.54. The van der Waals surface area contributed by atoms with Crippen molar-refractivity contribution in [1.29, 1.82) is 0 Å². The van der Waals surface area contributed by atoms with Crippen molar-refractivity contribution in [1.82, 2.24) is 14.9 Å². The topological polar surface area (TPSA) is 91.7 Å². The molecular formula is C26H31N3O4S. The second kappa shape index (κ2) is 12.3. The summed E-state index contributed by atoms with van der Waals surface area (Å²) in [5.74, 6) is 0.328. The van der Waals surface area contributed by atoms with Crippen LogP contribution < -0.4 is 10.0 Å². The highest BCUT2D eigenvalue weighted by molar-refractivity contribution is 7.89. The molecule has 180 valence electrons. The first-order valence-electron chi connectivity index (χ1n) is 11.3. The van der Waals surface area contributed by atoms with Crippen LogP contribution in [0.4, 0.5) is 0 Å². The van der Waals surface area contributed by atoms with Gasteiger partial charge < -0.3 is 9.73 Å². The van der Waals surface area contributed by atoms with Crippen molar-refractivity contribution in [3.8, 4) is 0 Å². The zero-order valence-electron chi connectivity index (χ0n) is 19.5. The molecule has 1 heterocycles. The first-order valence-corrected chi connectivity index (χ1v) is 12.8. The Kier molecular flexibility index (Phi) is 9.21. The Morgan fingerprint density at radius 1 is 1.00 bits per heavy atom. The highest BCUT2D eigenvalue weighted by Gasteiger charge is 2.18. The largest absolute Gasteiger partial charge is 0.468 e. The summed E-state index contributed by atoms with van der Waals surface area (Å²) < 4.78 is 32.5. The van der Waals surface area contributed by atoms with Crippen LogP contribution in [0.2, 0.25) is 0 Å². The van der Waals surface area contributed by atoms with Gasteiger partial charge in [-0.3, -0.25) is 9.69 Å². The minimum Gasteiger partial charge on any atom is -0.468 e. The van der Waals surface area contributed by atoms with Crippen LogP contribution in [-0.4, -0.2) is 38.9 Å². The minimum atomic E-state index is -3.66. The number of rotatable bonds is 12. The fourth-order valence-corrected chi connectivity index (χ4v) is 4.64. The van der Waals surface area contributed by atoms with Gasteiger partial charge in [-0.1, -0.05) is 56.3 Å². The highest BCUT2D eigenvalue weighted by atomic mass is 32.2. The Labute approximate surface area is 201 Å². The van der Waals surface area contributed by atoms with Gasteiger partial charge in [0.2, 0.25) is 15.9 Å². The third kappa shape index (κ3) is 7.15. The summed E-state index contributed by atoms with van der Waals surface area (Å²) in [4.78, 5) is 14.9. The molecule has 1 atom stereocenters. The van der Waals surface area contributed by atoms with Gasteiger partial charge in [-0.15, -0.1) is 0 Å². The van der Waals surface area contributed by atoms with E-state index in [-0.39, 0.29) is 23.4 Å². The molecule has 0 fully saturated rings. The number of carbonyl (C=O) groups is 1. The smallest absolute Gasteiger partial charge is 0.244 e. The number of sulfonamides is 1. The maximum atomic E-state index is 12.4. The zero-order valence-corrected chi connectivity index (χ0v) is 20.3. The van der Waals surface area contributed by atoms with E-state index in [4.69, 9.17) is 4.42 Å². The molecule has 0 spiro atoms. The molecule has 0 aliphatic carbocycles. The van der Waals surface area contributed by atoms with Crippen LogP contribution in [0.1, 0.15) is 36.8 Å². The van der Waals surface area contributed by atoms with Crippen LogP contribution in [0.3, 0.4) is 0 Å². The lowest BCUT2D eigenvalue weighted by molar-refractivity contribution is -0.116. The summed E-state index contributed by atoms with van der Waals surface area (Å²) in [7, 11) is -3.66. The van der Waals surface area contributed by atoms with Crippen molar-refractivity contribution in [3.63, 3.8) is 0 Å². The summed E-state index contributed by atoms with van der Waals surface area (Å²) in [6.45, 7) is 6.55. The molecule has 0 saturated heterocycles. The van der Waals surface area contributed by atoms with Gasteiger partial charge in [0.25, 0.3) is 0 Å². The molecule has 0 aliphatic rings. The number of hydrogen-bond acceptors (Lipinski definition) is 5. The summed E-state index contributed by atoms with van der Waals surface area (Å²) >= 11 is 0. The number of amides is 1. The third-order valence-corrected chi connectivity index (χ3v) is 6.96. The Hall–Kier alpha value is -3.20. The predicted octanol–water partition coefficient (Wildman–Crippen LogP) is 3.97. The van der Waals surface area contributed by atoms with E-state index in [1.54, 1.807) is 30.3 Å². The number of nitrogens with zero attached hydrogens (tertiary/aromatic N) is 1. The summed E-state index contributed by atoms with van der Waals surface area (Å²) in [6, 6.07) is 20.0. The van der Waals surface area contributed by atoms with Crippen molar-refractivity contribution in [2.24, 2.45) is 0 Å². The molecule has 0 radical (unpaired) electrons. The van der Waals surface area contributed by atoms with Crippen LogP contribution in [0, 0.1) is 0 Å².